The van der Waals surface area contributed by atoms with Crippen molar-refractivity contribution in [2.45, 2.75) is 47.5 Å². The summed E-state index contributed by atoms with van der Waals surface area (Å²) in [5.41, 5.74) is 8.13. The number of anilines is 8. The van der Waals surface area contributed by atoms with E-state index in [1.165, 1.54) is 67.3 Å². The number of carbonyl (C=O) groups excluding carboxylic acids is 2. The summed E-state index contributed by atoms with van der Waals surface area (Å²) in [6, 6.07) is 18.4. The van der Waals surface area contributed by atoms with Gasteiger partial charge >= 0.3 is 18.9 Å². The smallest absolute Gasteiger partial charge is 0.495 e. The molecule has 0 radical (unpaired) electrons. The van der Waals surface area contributed by atoms with E-state index in [4.69, 9.17) is 55.9 Å². The van der Waals surface area contributed by atoms with Gasteiger partial charge in [-0.1, -0.05) is 73.6 Å². The van der Waals surface area contributed by atoms with Crippen molar-refractivity contribution < 1.29 is 37.9 Å². The standard InChI is InChI=1S/C27H27BrCl2N6O2S.C27H28Cl2N6O2S.C4H9.Li/c1-4-35-9-11-36(12-10-35)17-7-5-16(6-8-17)33-26-25-22(31-14-32-26)18(13-39-25)27(37)34-23-20(29)15(2)19(28)24(38-3)21(23)30;1-4-34-9-11-35(12-10-34)18-7-5-17(6-8-18)32-26-25-23(30-15-31-26)19(14-38-25)27(36)33-24-21(28)16(2)13-20(37-3)22(24)29;1-3-4-2;/h5-8,13-14H,4,9-12H2,1-3H3,(H,34,37)(H,31,32,33);5-8,13-15H,4,9-12H2,1-3H3,(H,33,36)(H,30,31,32);1,3-4H2,2H3;/q;;-1;+1. The average molecular weight is 1290 g/mol. The number of hydrogen-bond donors (Lipinski definition) is 4. The molecule has 82 heavy (non-hydrogen) atoms. The summed E-state index contributed by atoms with van der Waals surface area (Å²) in [5, 5.41) is 17.1. The van der Waals surface area contributed by atoms with Crippen molar-refractivity contribution in [3.8, 4) is 11.5 Å². The number of benzene rings is 4. The van der Waals surface area contributed by atoms with Crippen LogP contribution in [0.2, 0.25) is 20.1 Å². The van der Waals surface area contributed by atoms with Crippen LogP contribution in [0.25, 0.3) is 20.4 Å². The Morgan fingerprint density at radius 2 is 1.06 bits per heavy atom. The van der Waals surface area contributed by atoms with Crippen molar-refractivity contribution in [2.75, 3.05) is 111 Å². The molecule has 6 heterocycles. The van der Waals surface area contributed by atoms with Crippen LogP contribution >= 0.6 is 85.0 Å². The fourth-order valence-electron chi connectivity index (χ4n) is 9.04. The number of ether oxygens (including phenoxy) is 2. The Labute approximate surface area is 527 Å². The van der Waals surface area contributed by atoms with Crippen LogP contribution in [-0.2, 0) is 0 Å². The summed E-state index contributed by atoms with van der Waals surface area (Å²) in [4.78, 5) is 54.0. The largest absolute Gasteiger partial charge is 1.00 e. The number of hydrogen-bond acceptors (Lipinski definition) is 16. The van der Waals surface area contributed by atoms with Gasteiger partial charge in [0.05, 0.1) is 71.7 Å². The second-order valence-electron chi connectivity index (χ2n) is 18.9. The molecule has 2 saturated heterocycles. The molecule has 24 heteroatoms. The number of amides is 2. The molecule has 2 fully saturated rings. The van der Waals surface area contributed by atoms with Gasteiger partial charge in [-0.15, -0.1) is 22.7 Å². The number of carbonyl (C=O) groups is 2. The average Bonchev–Trinajstić information content (AvgIpc) is 4.29. The third kappa shape index (κ3) is 14.8. The van der Waals surface area contributed by atoms with E-state index in [9.17, 15) is 9.59 Å². The van der Waals surface area contributed by atoms with E-state index in [0.717, 1.165) is 98.2 Å². The van der Waals surface area contributed by atoms with Crippen LogP contribution in [0.1, 0.15) is 65.5 Å². The van der Waals surface area contributed by atoms with Gasteiger partial charge in [0.15, 0.2) is 17.4 Å². The van der Waals surface area contributed by atoms with Crippen molar-refractivity contribution in [3.63, 3.8) is 0 Å². The Morgan fingerprint density at radius 1 is 0.634 bits per heavy atom. The number of nitrogens with zero attached hydrogens (tertiary/aromatic N) is 8. The molecule has 2 aliphatic rings. The van der Waals surface area contributed by atoms with Gasteiger partial charge in [0, 0.05) is 85.9 Å². The van der Waals surface area contributed by atoms with Crippen LogP contribution in [0.3, 0.4) is 0 Å². The Kier molecular flexibility index (Phi) is 23.6. The normalized spacial score (nSPS) is 13.6. The van der Waals surface area contributed by atoms with E-state index in [1.807, 2.05) is 38.1 Å². The fraction of sp³-hybridized carbons (Fsp3) is 0.328. The number of aryl methyl sites for hydroxylation is 1. The Balaban J connectivity index is 0.000000219. The number of aromatic nitrogens is 4. The third-order valence-electron chi connectivity index (χ3n) is 13.9. The first kappa shape index (κ1) is 64.4. The van der Waals surface area contributed by atoms with Gasteiger partial charge in [-0.05, 0) is 109 Å². The molecule has 0 atom stereocenters. The fourth-order valence-corrected chi connectivity index (χ4v) is 12.8. The minimum atomic E-state index is -0.383. The SMILES string of the molecule is CCN1CCN(c2ccc(Nc3ncnc4c(C(=O)Nc5c(Cl)c(C)c(Br)c(OC)c5Cl)csc34)cc2)CC1.CCN1CCN(c2ccc(Nc3ncnc4c(C(=O)Nc5c(Cl)c(C)cc(OC)c5Cl)csc34)cc2)CC1.[CH2-]CCC.[Li+]. The predicted molar refractivity (Wildman–Crippen MR) is 342 cm³/mol. The number of unbranched alkanes of at least 4 members (excludes halogenated alkanes) is 1. The molecular weight excluding hydrogens is 1220 g/mol. The molecule has 0 spiro atoms. The molecule has 2 amide bonds. The quantitative estimate of drug-likeness (QED) is 0.0566. The van der Waals surface area contributed by atoms with Gasteiger partial charge in [-0.2, -0.15) is 6.42 Å². The van der Waals surface area contributed by atoms with Crippen LogP contribution in [-0.4, -0.2) is 121 Å². The summed E-state index contributed by atoms with van der Waals surface area (Å²) in [6.07, 6.45) is 5.17. The van der Waals surface area contributed by atoms with E-state index in [0.29, 0.717) is 71.1 Å². The van der Waals surface area contributed by atoms with Crippen LogP contribution in [0.4, 0.5) is 45.8 Å². The first-order valence-electron chi connectivity index (χ1n) is 26.4. The van der Waals surface area contributed by atoms with Crippen molar-refractivity contribution in [1.29, 1.82) is 0 Å². The molecule has 4 aromatic heterocycles. The second kappa shape index (κ2) is 30.1. The van der Waals surface area contributed by atoms with Gasteiger partial charge in [-0.3, -0.25) is 9.59 Å². The number of likely N-dealkylation sites (N-methyl/N-ethyl adjacent to an activating group) is 2. The summed E-state index contributed by atoms with van der Waals surface area (Å²) in [6.45, 7) is 24.4. The van der Waals surface area contributed by atoms with Crippen LogP contribution in [0.15, 0.2) is 82.5 Å². The molecule has 16 nitrogen and oxygen atoms in total. The summed E-state index contributed by atoms with van der Waals surface area (Å²) in [7, 11) is 3.02. The molecule has 0 bridgehead atoms. The predicted octanol–water partition coefficient (Wildman–Crippen LogP) is 12.3. The van der Waals surface area contributed by atoms with E-state index < -0.39 is 0 Å². The first-order chi connectivity index (χ1) is 39.1. The van der Waals surface area contributed by atoms with Crippen LogP contribution in [0.5, 0.6) is 11.5 Å². The third-order valence-corrected chi connectivity index (χ3v) is 18.5. The van der Waals surface area contributed by atoms with Gasteiger partial charge in [-0.25, -0.2) is 19.9 Å². The van der Waals surface area contributed by atoms with Gasteiger partial charge < -0.3 is 57.3 Å². The molecule has 0 saturated carbocycles. The number of thiophene rings is 2. The molecular formula is C58H64BrCl4LiN12O4S2. The van der Waals surface area contributed by atoms with E-state index in [1.54, 1.807) is 16.8 Å². The maximum absolute atomic E-state index is 13.3. The Hall–Kier alpha value is -5.14. The number of piperazine rings is 2. The van der Waals surface area contributed by atoms with E-state index in [2.05, 4.69) is 129 Å². The van der Waals surface area contributed by atoms with Crippen molar-refractivity contribution in [2.24, 2.45) is 0 Å². The van der Waals surface area contributed by atoms with Crippen molar-refractivity contribution in [1.82, 2.24) is 29.7 Å². The van der Waals surface area contributed by atoms with Crippen molar-refractivity contribution in [3.05, 3.63) is 132 Å². The zero-order chi connectivity index (χ0) is 57.9. The van der Waals surface area contributed by atoms with Crippen LogP contribution < -0.4 is 59.4 Å². The molecule has 8 aromatic rings. The molecule has 0 unspecified atom stereocenters. The maximum atomic E-state index is 13.3. The number of fused-ring (bicyclic) bond motifs is 2. The molecule has 10 rings (SSSR count). The van der Waals surface area contributed by atoms with Crippen LogP contribution in [0, 0.1) is 20.8 Å². The van der Waals surface area contributed by atoms with Crippen molar-refractivity contribution >= 4 is 163 Å². The van der Waals surface area contributed by atoms with E-state index >= 15 is 0 Å². The summed E-state index contributed by atoms with van der Waals surface area (Å²) >= 11 is 32.1. The first-order valence-corrected chi connectivity index (χ1v) is 30.5. The molecule has 428 valence electrons. The minimum Gasteiger partial charge on any atom is -0.495 e. The van der Waals surface area contributed by atoms with Gasteiger partial charge in [0.1, 0.15) is 28.4 Å². The Morgan fingerprint density at radius 3 is 1.45 bits per heavy atom. The number of rotatable bonds is 15. The van der Waals surface area contributed by atoms with Gasteiger partial charge in [0.2, 0.25) is 0 Å². The Bertz CT molecular complexity index is 3490. The van der Waals surface area contributed by atoms with E-state index in [-0.39, 0.29) is 46.4 Å². The summed E-state index contributed by atoms with van der Waals surface area (Å²) < 4.78 is 12.9. The number of halogens is 5. The number of methoxy groups -OCH3 is 2. The molecule has 2 aliphatic heterocycles. The topological polar surface area (TPSA) is 165 Å². The maximum Gasteiger partial charge on any atom is 1.00 e. The zero-order valence-corrected chi connectivity index (χ0v) is 53.4. The number of nitrogens with one attached hydrogen (secondary N) is 4. The zero-order valence-electron chi connectivity index (χ0n) is 47.1. The second-order valence-corrected chi connectivity index (χ2v) is 23.0. The molecule has 0 aliphatic carbocycles. The molecule has 4 N–H and O–H groups in total. The molecule has 4 aromatic carbocycles. The van der Waals surface area contributed by atoms with Gasteiger partial charge in [0.25, 0.3) is 11.8 Å². The monoisotopic (exact) mass is 1280 g/mol. The summed E-state index contributed by atoms with van der Waals surface area (Å²) in [5.74, 6) is 1.34. The minimum absolute atomic E-state index is 0.